The van der Waals surface area contributed by atoms with Crippen LogP contribution < -0.4 is 25.4 Å². The van der Waals surface area contributed by atoms with Crippen molar-refractivity contribution in [1.29, 1.82) is 0 Å². The number of hydrogen-bond acceptors (Lipinski definition) is 5. The van der Waals surface area contributed by atoms with Crippen LogP contribution in [0.5, 0.6) is 11.5 Å². The fourth-order valence-corrected chi connectivity index (χ4v) is 4.13. The molecule has 1 aliphatic carbocycles. The Morgan fingerprint density at radius 1 is 1.03 bits per heavy atom. The average molecular weight is 424 g/mol. The van der Waals surface area contributed by atoms with Gasteiger partial charge in [-0.3, -0.25) is 9.59 Å². The molecule has 0 spiro atoms. The van der Waals surface area contributed by atoms with Crippen molar-refractivity contribution < 1.29 is 19.1 Å². The van der Waals surface area contributed by atoms with Crippen LogP contribution >= 0.6 is 0 Å². The fraction of sp³-hybridized carbons (Fsp3) is 0.417. The summed E-state index contributed by atoms with van der Waals surface area (Å²) in [6.07, 6.45) is 4.59. The number of anilines is 1. The molecule has 0 saturated heterocycles. The summed E-state index contributed by atoms with van der Waals surface area (Å²) in [5.41, 5.74) is 2.06. The predicted octanol–water partition coefficient (Wildman–Crippen LogP) is 3.45. The first kappa shape index (κ1) is 21.0. The minimum atomic E-state index is -0.206. The van der Waals surface area contributed by atoms with Crippen LogP contribution in [0.2, 0.25) is 0 Å². The zero-order chi connectivity index (χ0) is 21.6. The molecule has 0 bridgehead atoms. The van der Waals surface area contributed by atoms with Gasteiger partial charge in [-0.2, -0.15) is 0 Å². The highest BCUT2D eigenvalue weighted by molar-refractivity contribution is 6.00. The quantitative estimate of drug-likeness (QED) is 0.635. The molecule has 164 valence electrons. The highest BCUT2D eigenvalue weighted by atomic mass is 16.7. The second kappa shape index (κ2) is 9.73. The summed E-state index contributed by atoms with van der Waals surface area (Å²) < 4.78 is 10.7. The van der Waals surface area contributed by atoms with Gasteiger partial charge in [0, 0.05) is 18.3 Å². The third kappa shape index (κ3) is 5.29. The van der Waals surface area contributed by atoms with E-state index in [-0.39, 0.29) is 31.2 Å². The van der Waals surface area contributed by atoms with E-state index in [0.29, 0.717) is 35.2 Å². The lowest BCUT2D eigenvalue weighted by molar-refractivity contribution is -0.120. The van der Waals surface area contributed by atoms with Gasteiger partial charge in [-0.05, 0) is 48.6 Å². The Morgan fingerprint density at radius 3 is 2.71 bits per heavy atom. The van der Waals surface area contributed by atoms with Gasteiger partial charge < -0.3 is 25.4 Å². The Morgan fingerprint density at radius 2 is 1.84 bits per heavy atom. The highest BCUT2D eigenvalue weighted by Gasteiger charge is 2.23. The number of amides is 2. The van der Waals surface area contributed by atoms with Gasteiger partial charge >= 0.3 is 0 Å². The molecular formula is C24H29N3O4. The zero-order valence-electron chi connectivity index (χ0n) is 17.8. The molecule has 2 unspecified atom stereocenters. The molecule has 7 heteroatoms. The van der Waals surface area contributed by atoms with E-state index >= 15 is 0 Å². The van der Waals surface area contributed by atoms with Crippen LogP contribution in [0.1, 0.15) is 48.5 Å². The standard InChI is InChI=1S/C24H29N3O4/c1-16-6-2-4-8-19(16)27-23(28)14-25-20-9-5-3-7-18(20)24(29)26-13-17-10-11-21-22(12-17)31-15-30-21/h3,5,7,9-12,16,19,25H,2,4,6,8,13-15H2,1H3,(H,26,29)(H,27,28). The van der Waals surface area contributed by atoms with Crippen molar-refractivity contribution in [2.45, 2.75) is 45.2 Å². The molecule has 2 aliphatic rings. The van der Waals surface area contributed by atoms with E-state index < -0.39 is 0 Å². The molecule has 2 aromatic carbocycles. The molecule has 2 aromatic rings. The molecule has 1 aliphatic heterocycles. The van der Waals surface area contributed by atoms with Crippen LogP contribution in [-0.4, -0.2) is 31.2 Å². The third-order valence-corrected chi connectivity index (χ3v) is 5.96. The minimum Gasteiger partial charge on any atom is -0.454 e. The molecule has 3 N–H and O–H groups in total. The number of benzene rings is 2. The number of para-hydroxylation sites is 1. The SMILES string of the molecule is CC1CCCCC1NC(=O)CNc1ccccc1C(=O)NCc1ccc2c(c1)OCO2. The Bertz CT molecular complexity index is 946. The van der Waals surface area contributed by atoms with Crippen LogP contribution in [0.15, 0.2) is 42.5 Å². The van der Waals surface area contributed by atoms with Crippen molar-refractivity contribution >= 4 is 17.5 Å². The lowest BCUT2D eigenvalue weighted by atomic mass is 9.86. The molecule has 1 saturated carbocycles. The molecule has 1 fully saturated rings. The van der Waals surface area contributed by atoms with E-state index in [4.69, 9.17) is 9.47 Å². The lowest BCUT2D eigenvalue weighted by Gasteiger charge is -2.29. The summed E-state index contributed by atoms with van der Waals surface area (Å²) in [4.78, 5) is 25.2. The van der Waals surface area contributed by atoms with Crippen molar-refractivity contribution in [3.8, 4) is 11.5 Å². The monoisotopic (exact) mass is 423 g/mol. The Hall–Kier alpha value is -3.22. The van der Waals surface area contributed by atoms with E-state index in [1.807, 2.05) is 36.4 Å². The molecule has 0 aromatic heterocycles. The average Bonchev–Trinajstić information content (AvgIpc) is 3.26. The molecule has 7 nitrogen and oxygen atoms in total. The third-order valence-electron chi connectivity index (χ3n) is 5.96. The van der Waals surface area contributed by atoms with E-state index in [0.717, 1.165) is 24.8 Å². The highest BCUT2D eigenvalue weighted by Crippen LogP contribution is 2.32. The normalized spacial score (nSPS) is 19.5. The summed E-state index contributed by atoms with van der Waals surface area (Å²) in [5, 5.41) is 9.18. The Balaban J connectivity index is 1.32. The number of hydrogen-bond donors (Lipinski definition) is 3. The van der Waals surface area contributed by atoms with E-state index in [2.05, 4.69) is 22.9 Å². The van der Waals surface area contributed by atoms with Gasteiger partial charge in [0.1, 0.15) is 0 Å². The molecule has 0 radical (unpaired) electrons. The number of fused-ring (bicyclic) bond motifs is 1. The maximum Gasteiger partial charge on any atom is 0.253 e. The van der Waals surface area contributed by atoms with Gasteiger partial charge in [-0.25, -0.2) is 0 Å². The largest absolute Gasteiger partial charge is 0.454 e. The van der Waals surface area contributed by atoms with Gasteiger partial charge in [-0.15, -0.1) is 0 Å². The van der Waals surface area contributed by atoms with Crippen molar-refractivity contribution in [3.63, 3.8) is 0 Å². The fourth-order valence-electron chi connectivity index (χ4n) is 4.13. The molecule has 2 amide bonds. The van der Waals surface area contributed by atoms with Gasteiger partial charge in [0.2, 0.25) is 12.7 Å². The van der Waals surface area contributed by atoms with Crippen LogP contribution in [0.25, 0.3) is 0 Å². The Labute approximate surface area is 182 Å². The van der Waals surface area contributed by atoms with E-state index in [1.165, 1.54) is 6.42 Å². The Kier molecular flexibility index (Phi) is 6.60. The van der Waals surface area contributed by atoms with Crippen molar-refractivity contribution in [2.24, 2.45) is 5.92 Å². The van der Waals surface area contributed by atoms with Crippen LogP contribution in [0, 0.1) is 5.92 Å². The number of ether oxygens (including phenoxy) is 2. The number of carbonyl (C=O) groups excluding carboxylic acids is 2. The molecule has 2 atom stereocenters. The van der Waals surface area contributed by atoms with Crippen LogP contribution in [-0.2, 0) is 11.3 Å². The van der Waals surface area contributed by atoms with E-state index in [1.54, 1.807) is 6.07 Å². The summed E-state index contributed by atoms with van der Waals surface area (Å²) >= 11 is 0. The first-order valence-corrected chi connectivity index (χ1v) is 10.9. The molecule has 1 heterocycles. The zero-order valence-corrected chi connectivity index (χ0v) is 17.8. The maximum absolute atomic E-state index is 12.8. The molecular weight excluding hydrogens is 394 g/mol. The summed E-state index contributed by atoms with van der Waals surface area (Å²) in [7, 11) is 0. The van der Waals surface area contributed by atoms with Crippen molar-refractivity contribution in [2.75, 3.05) is 18.7 Å². The first-order valence-electron chi connectivity index (χ1n) is 10.9. The smallest absolute Gasteiger partial charge is 0.253 e. The number of nitrogens with one attached hydrogen (secondary N) is 3. The minimum absolute atomic E-state index is 0.0469. The van der Waals surface area contributed by atoms with Crippen LogP contribution in [0.4, 0.5) is 5.69 Å². The van der Waals surface area contributed by atoms with Crippen LogP contribution in [0.3, 0.4) is 0 Å². The second-order valence-corrected chi connectivity index (χ2v) is 8.21. The van der Waals surface area contributed by atoms with Gasteiger partial charge in [-0.1, -0.05) is 38.0 Å². The van der Waals surface area contributed by atoms with Crippen molar-refractivity contribution in [3.05, 3.63) is 53.6 Å². The van der Waals surface area contributed by atoms with E-state index in [9.17, 15) is 9.59 Å². The van der Waals surface area contributed by atoms with Gasteiger partial charge in [0.25, 0.3) is 5.91 Å². The topological polar surface area (TPSA) is 88.7 Å². The number of rotatable bonds is 7. The van der Waals surface area contributed by atoms with Crippen molar-refractivity contribution in [1.82, 2.24) is 10.6 Å². The maximum atomic E-state index is 12.8. The summed E-state index contributed by atoms with van der Waals surface area (Å²) in [6.45, 7) is 2.91. The second-order valence-electron chi connectivity index (χ2n) is 8.21. The van der Waals surface area contributed by atoms with Gasteiger partial charge in [0.15, 0.2) is 11.5 Å². The summed E-state index contributed by atoms with van der Waals surface area (Å²) in [5.74, 6) is 1.65. The first-order chi connectivity index (χ1) is 15.1. The van der Waals surface area contributed by atoms with Gasteiger partial charge in [0.05, 0.1) is 12.1 Å². The summed E-state index contributed by atoms with van der Waals surface area (Å²) in [6, 6.07) is 13.1. The lowest BCUT2D eigenvalue weighted by Crippen LogP contribution is -2.43. The molecule has 31 heavy (non-hydrogen) atoms. The number of carbonyl (C=O) groups is 2. The molecule has 4 rings (SSSR count). The predicted molar refractivity (Wildman–Crippen MR) is 118 cm³/mol.